The van der Waals surface area contributed by atoms with E-state index in [0.29, 0.717) is 17.1 Å². The van der Waals surface area contributed by atoms with Gasteiger partial charge in [-0.25, -0.2) is 0 Å². The number of hydrogen-bond acceptors (Lipinski definition) is 1. The molecular weight excluding hydrogens is 160 g/mol. The standard InChI is InChI=1S/C12H18O/c1-8-9-4-2-6-12(9)7-3-5-10(13)11(8)12/h8-9,11H,2-7H2,1H3/t8-,9+,11-,12-/m0/s1. The maximum absolute atomic E-state index is 11.8. The highest BCUT2D eigenvalue weighted by molar-refractivity contribution is 5.84. The van der Waals surface area contributed by atoms with Crippen LogP contribution in [-0.4, -0.2) is 5.78 Å². The second-order valence-corrected chi connectivity index (χ2v) is 5.39. The maximum Gasteiger partial charge on any atom is 0.136 e. The molecule has 0 aliphatic heterocycles. The van der Waals surface area contributed by atoms with E-state index in [1.54, 1.807) is 0 Å². The minimum atomic E-state index is 0.480. The highest BCUT2D eigenvalue weighted by atomic mass is 16.1. The van der Waals surface area contributed by atoms with Crippen molar-refractivity contribution in [2.75, 3.05) is 0 Å². The molecule has 0 heterocycles. The summed E-state index contributed by atoms with van der Waals surface area (Å²) in [6, 6.07) is 0. The first-order valence-corrected chi connectivity index (χ1v) is 5.78. The van der Waals surface area contributed by atoms with Crippen LogP contribution in [0, 0.1) is 23.2 Å². The number of hydrogen-bond donors (Lipinski definition) is 0. The Kier molecular flexibility index (Phi) is 1.46. The van der Waals surface area contributed by atoms with Crippen molar-refractivity contribution in [3.05, 3.63) is 0 Å². The van der Waals surface area contributed by atoms with E-state index in [1.807, 2.05) is 0 Å². The van der Waals surface area contributed by atoms with Crippen LogP contribution in [0.25, 0.3) is 0 Å². The van der Waals surface area contributed by atoms with Crippen LogP contribution < -0.4 is 0 Å². The molecule has 0 aromatic rings. The second kappa shape index (κ2) is 2.37. The van der Waals surface area contributed by atoms with Gasteiger partial charge in [0.2, 0.25) is 0 Å². The maximum atomic E-state index is 11.8. The van der Waals surface area contributed by atoms with Crippen molar-refractivity contribution < 1.29 is 4.79 Å². The Bertz CT molecular complexity index is 258. The predicted molar refractivity (Wildman–Crippen MR) is 51.3 cm³/mol. The molecule has 4 atom stereocenters. The van der Waals surface area contributed by atoms with Crippen LogP contribution in [-0.2, 0) is 4.79 Å². The van der Waals surface area contributed by atoms with E-state index < -0.39 is 0 Å². The minimum absolute atomic E-state index is 0.480. The van der Waals surface area contributed by atoms with Crippen molar-refractivity contribution >= 4 is 5.78 Å². The van der Waals surface area contributed by atoms with Crippen molar-refractivity contribution in [1.29, 1.82) is 0 Å². The molecule has 3 aliphatic rings. The Balaban J connectivity index is 1.96. The predicted octanol–water partition coefficient (Wildman–Crippen LogP) is 2.79. The third kappa shape index (κ3) is 0.769. The Hall–Kier alpha value is -0.330. The summed E-state index contributed by atoms with van der Waals surface area (Å²) in [5.74, 6) is 2.71. The average Bonchev–Trinajstić information content (AvgIpc) is 2.43. The topological polar surface area (TPSA) is 17.1 Å². The lowest BCUT2D eigenvalue weighted by Crippen LogP contribution is -2.58. The normalized spacial score (nSPS) is 53.9. The third-order valence-corrected chi connectivity index (χ3v) is 5.09. The fourth-order valence-electron chi connectivity index (χ4n) is 4.76. The van der Waals surface area contributed by atoms with Gasteiger partial charge in [-0.2, -0.15) is 0 Å². The molecule has 0 saturated heterocycles. The zero-order valence-corrected chi connectivity index (χ0v) is 8.38. The largest absolute Gasteiger partial charge is 0.299 e. The van der Waals surface area contributed by atoms with E-state index in [9.17, 15) is 4.79 Å². The monoisotopic (exact) mass is 178 g/mol. The van der Waals surface area contributed by atoms with E-state index >= 15 is 0 Å². The van der Waals surface area contributed by atoms with Crippen LogP contribution in [0.4, 0.5) is 0 Å². The van der Waals surface area contributed by atoms with Crippen LogP contribution >= 0.6 is 0 Å². The molecule has 13 heavy (non-hydrogen) atoms. The molecule has 72 valence electrons. The third-order valence-electron chi connectivity index (χ3n) is 5.09. The fraction of sp³-hybridized carbons (Fsp3) is 0.917. The van der Waals surface area contributed by atoms with Crippen molar-refractivity contribution in [3.8, 4) is 0 Å². The lowest BCUT2D eigenvalue weighted by atomic mass is 9.44. The van der Waals surface area contributed by atoms with E-state index in [4.69, 9.17) is 0 Å². The molecule has 3 saturated carbocycles. The lowest BCUT2D eigenvalue weighted by molar-refractivity contribution is -0.160. The molecule has 1 heteroatoms. The lowest BCUT2D eigenvalue weighted by Gasteiger charge is -2.59. The molecule has 3 aliphatic carbocycles. The van der Waals surface area contributed by atoms with Gasteiger partial charge >= 0.3 is 0 Å². The summed E-state index contributed by atoms with van der Waals surface area (Å²) in [5, 5.41) is 0. The van der Waals surface area contributed by atoms with Crippen molar-refractivity contribution in [2.24, 2.45) is 23.2 Å². The molecule has 0 bridgehead atoms. The number of Topliss-reactive ketones (excluding diaryl/α,β-unsaturated/α-hetero) is 1. The molecule has 0 amide bonds. The summed E-state index contributed by atoms with van der Waals surface area (Å²) in [7, 11) is 0. The summed E-state index contributed by atoms with van der Waals surface area (Å²) in [5.41, 5.74) is 0.523. The molecular formula is C12H18O. The Morgan fingerprint density at radius 2 is 2.08 bits per heavy atom. The second-order valence-electron chi connectivity index (χ2n) is 5.39. The molecule has 1 nitrogen and oxygen atoms in total. The highest BCUT2D eigenvalue weighted by Gasteiger charge is 2.64. The number of carbonyl (C=O) groups is 1. The van der Waals surface area contributed by atoms with Gasteiger partial charge in [-0.1, -0.05) is 13.3 Å². The first kappa shape index (κ1) is 8.02. The van der Waals surface area contributed by atoms with Gasteiger partial charge in [0.15, 0.2) is 0 Å². The summed E-state index contributed by atoms with van der Waals surface area (Å²) >= 11 is 0. The van der Waals surface area contributed by atoms with Gasteiger partial charge in [-0.3, -0.25) is 4.79 Å². The van der Waals surface area contributed by atoms with Gasteiger partial charge in [-0.05, 0) is 42.9 Å². The summed E-state index contributed by atoms with van der Waals surface area (Å²) in [6.45, 7) is 2.31. The number of ketones is 1. The summed E-state index contributed by atoms with van der Waals surface area (Å²) in [4.78, 5) is 11.8. The molecule has 0 unspecified atom stereocenters. The Labute approximate surface area is 79.9 Å². The van der Waals surface area contributed by atoms with Crippen LogP contribution in [0.15, 0.2) is 0 Å². The van der Waals surface area contributed by atoms with Gasteiger partial charge in [0.05, 0.1) is 0 Å². The van der Waals surface area contributed by atoms with Gasteiger partial charge in [-0.15, -0.1) is 0 Å². The van der Waals surface area contributed by atoms with Crippen LogP contribution in [0.5, 0.6) is 0 Å². The van der Waals surface area contributed by atoms with E-state index in [0.717, 1.165) is 18.3 Å². The summed E-state index contributed by atoms with van der Waals surface area (Å²) in [6.07, 6.45) is 7.57. The van der Waals surface area contributed by atoms with Crippen LogP contribution in [0.2, 0.25) is 0 Å². The van der Waals surface area contributed by atoms with Crippen molar-refractivity contribution in [3.63, 3.8) is 0 Å². The van der Waals surface area contributed by atoms with Crippen molar-refractivity contribution in [1.82, 2.24) is 0 Å². The zero-order valence-electron chi connectivity index (χ0n) is 8.38. The first-order valence-electron chi connectivity index (χ1n) is 5.78. The van der Waals surface area contributed by atoms with Gasteiger partial charge in [0, 0.05) is 12.3 Å². The fourth-order valence-corrected chi connectivity index (χ4v) is 4.76. The van der Waals surface area contributed by atoms with Crippen molar-refractivity contribution in [2.45, 2.75) is 45.4 Å². The van der Waals surface area contributed by atoms with Gasteiger partial charge in [0.1, 0.15) is 5.78 Å². The molecule has 0 aromatic carbocycles. The quantitative estimate of drug-likeness (QED) is 0.557. The van der Waals surface area contributed by atoms with E-state index in [-0.39, 0.29) is 0 Å². The molecule has 0 aromatic heterocycles. The molecule has 0 N–H and O–H groups in total. The first-order chi connectivity index (χ1) is 6.26. The van der Waals surface area contributed by atoms with E-state index in [1.165, 1.54) is 32.1 Å². The molecule has 3 rings (SSSR count). The van der Waals surface area contributed by atoms with Crippen LogP contribution in [0.1, 0.15) is 45.4 Å². The molecule has 0 radical (unpaired) electrons. The van der Waals surface area contributed by atoms with Gasteiger partial charge in [0.25, 0.3) is 0 Å². The van der Waals surface area contributed by atoms with E-state index in [2.05, 4.69) is 6.92 Å². The SMILES string of the molecule is C[C@H]1[C@H]2CCC[C@]23CCCC(=O)[C@H]13. The number of rotatable bonds is 0. The Morgan fingerprint density at radius 1 is 1.31 bits per heavy atom. The summed E-state index contributed by atoms with van der Waals surface area (Å²) < 4.78 is 0. The average molecular weight is 178 g/mol. The smallest absolute Gasteiger partial charge is 0.136 e. The zero-order chi connectivity index (χ0) is 9.05. The number of carbonyl (C=O) groups excluding carboxylic acids is 1. The minimum Gasteiger partial charge on any atom is -0.299 e. The highest BCUT2D eigenvalue weighted by Crippen LogP contribution is 2.68. The molecule has 3 fully saturated rings. The van der Waals surface area contributed by atoms with Gasteiger partial charge < -0.3 is 0 Å². The Morgan fingerprint density at radius 3 is 2.92 bits per heavy atom. The van der Waals surface area contributed by atoms with Crippen LogP contribution in [0.3, 0.4) is 0 Å². The molecule has 1 spiro atoms.